The van der Waals surface area contributed by atoms with Crippen LogP contribution in [0.4, 0.5) is 11.4 Å². The molecule has 1 aliphatic heterocycles. The van der Waals surface area contributed by atoms with Gasteiger partial charge in [0.05, 0.1) is 0 Å². The first kappa shape index (κ1) is 16.1. The van der Waals surface area contributed by atoms with Crippen LogP contribution in [0.1, 0.15) is 19.8 Å². The maximum atomic E-state index is 5.42. The SMILES string of the molecule is CCN(CCN(C)C)c1cccc(NC2CCOCC2)c1. The largest absolute Gasteiger partial charge is 0.382 e. The first-order chi connectivity index (χ1) is 10.2. The predicted octanol–water partition coefficient (Wildman–Crippen LogP) is 2.67. The van der Waals surface area contributed by atoms with Gasteiger partial charge in [-0.1, -0.05) is 6.07 Å². The van der Waals surface area contributed by atoms with Crippen LogP contribution in [0.25, 0.3) is 0 Å². The first-order valence-electron chi connectivity index (χ1n) is 8.03. The second kappa shape index (κ2) is 8.25. The Labute approximate surface area is 129 Å². The zero-order valence-electron chi connectivity index (χ0n) is 13.6. The van der Waals surface area contributed by atoms with E-state index in [0.717, 1.165) is 45.7 Å². The van der Waals surface area contributed by atoms with Gasteiger partial charge in [-0.2, -0.15) is 0 Å². The Morgan fingerprint density at radius 1 is 1.19 bits per heavy atom. The lowest BCUT2D eigenvalue weighted by Crippen LogP contribution is -2.31. The van der Waals surface area contributed by atoms with E-state index in [2.05, 4.69) is 60.4 Å². The van der Waals surface area contributed by atoms with Gasteiger partial charge in [-0.25, -0.2) is 0 Å². The lowest BCUT2D eigenvalue weighted by Gasteiger charge is -2.27. The molecule has 1 aromatic rings. The van der Waals surface area contributed by atoms with E-state index in [1.807, 2.05) is 0 Å². The number of rotatable bonds is 7. The molecule has 0 aromatic heterocycles. The summed E-state index contributed by atoms with van der Waals surface area (Å²) in [4.78, 5) is 4.65. The average Bonchev–Trinajstić information content (AvgIpc) is 2.49. The van der Waals surface area contributed by atoms with Gasteiger partial charge in [0.1, 0.15) is 0 Å². The highest BCUT2D eigenvalue weighted by Crippen LogP contribution is 2.21. The number of ether oxygens (including phenoxy) is 1. The maximum Gasteiger partial charge on any atom is 0.0485 e. The third kappa shape index (κ3) is 5.21. The quantitative estimate of drug-likeness (QED) is 0.836. The minimum Gasteiger partial charge on any atom is -0.382 e. The fourth-order valence-corrected chi connectivity index (χ4v) is 2.66. The highest BCUT2D eigenvalue weighted by molar-refractivity contribution is 5.58. The van der Waals surface area contributed by atoms with E-state index in [1.54, 1.807) is 0 Å². The third-order valence-electron chi connectivity index (χ3n) is 4.00. The summed E-state index contributed by atoms with van der Waals surface area (Å²) in [7, 11) is 4.24. The van der Waals surface area contributed by atoms with Crippen LogP contribution in [0.5, 0.6) is 0 Å². The number of hydrogen-bond donors (Lipinski definition) is 1. The van der Waals surface area contributed by atoms with E-state index < -0.39 is 0 Å². The summed E-state index contributed by atoms with van der Waals surface area (Å²) in [6, 6.07) is 9.34. The Hall–Kier alpha value is -1.26. The van der Waals surface area contributed by atoms with E-state index in [-0.39, 0.29) is 0 Å². The van der Waals surface area contributed by atoms with E-state index in [9.17, 15) is 0 Å². The van der Waals surface area contributed by atoms with Gasteiger partial charge in [0.25, 0.3) is 0 Å². The van der Waals surface area contributed by atoms with Crippen LogP contribution in [0.3, 0.4) is 0 Å². The summed E-state index contributed by atoms with van der Waals surface area (Å²) >= 11 is 0. The van der Waals surface area contributed by atoms with Gasteiger partial charge < -0.3 is 19.9 Å². The van der Waals surface area contributed by atoms with Crippen LogP contribution in [0, 0.1) is 0 Å². The van der Waals surface area contributed by atoms with Crippen LogP contribution < -0.4 is 10.2 Å². The molecule has 1 aliphatic rings. The number of likely N-dealkylation sites (N-methyl/N-ethyl adjacent to an activating group) is 2. The van der Waals surface area contributed by atoms with E-state index >= 15 is 0 Å². The van der Waals surface area contributed by atoms with Crippen molar-refractivity contribution in [3.63, 3.8) is 0 Å². The number of nitrogens with one attached hydrogen (secondary N) is 1. The average molecular weight is 291 g/mol. The highest BCUT2D eigenvalue weighted by atomic mass is 16.5. The molecule has 0 saturated carbocycles. The van der Waals surface area contributed by atoms with Gasteiger partial charge >= 0.3 is 0 Å². The van der Waals surface area contributed by atoms with Crippen LogP contribution >= 0.6 is 0 Å². The van der Waals surface area contributed by atoms with Crippen molar-refractivity contribution in [1.82, 2.24) is 4.90 Å². The molecule has 21 heavy (non-hydrogen) atoms. The molecule has 0 unspecified atom stereocenters. The molecule has 2 rings (SSSR count). The van der Waals surface area contributed by atoms with Gasteiger partial charge in [0, 0.05) is 50.3 Å². The molecular weight excluding hydrogens is 262 g/mol. The number of anilines is 2. The number of benzene rings is 1. The minimum absolute atomic E-state index is 0.547. The molecule has 0 spiro atoms. The van der Waals surface area contributed by atoms with Crippen molar-refractivity contribution >= 4 is 11.4 Å². The minimum atomic E-state index is 0.547. The van der Waals surface area contributed by atoms with Crippen molar-refractivity contribution < 1.29 is 4.74 Å². The molecule has 1 heterocycles. The lowest BCUT2D eigenvalue weighted by atomic mass is 10.1. The second-order valence-corrected chi connectivity index (χ2v) is 5.96. The number of hydrogen-bond acceptors (Lipinski definition) is 4. The van der Waals surface area contributed by atoms with Crippen molar-refractivity contribution in [2.45, 2.75) is 25.8 Å². The molecule has 0 radical (unpaired) electrons. The molecule has 0 bridgehead atoms. The Balaban J connectivity index is 1.97. The normalized spacial score (nSPS) is 16.2. The Bertz CT molecular complexity index is 416. The molecule has 1 N–H and O–H groups in total. The molecule has 1 fully saturated rings. The monoisotopic (exact) mass is 291 g/mol. The molecule has 0 atom stereocenters. The first-order valence-corrected chi connectivity index (χ1v) is 8.03. The summed E-state index contributed by atoms with van der Waals surface area (Å²) in [5.74, 6) is 0. The van der Waals surface area contributed by atoms with Gasteiger partial charge in [0.15, 0.2) is 0 Å². The van der Waals surface area contributed by atoms with E-state index in [4.69, 9.17) is 4.74 Å². The third-order valence-corrected chi connectivity index (χ3v) is 4.00. The highest BCUT2D eigenvalue weighted by Gasteiger charge is 2.13. The smallest absolute Gasteiger partial charge is 0.0485 e. The Kier molecular flexibility index (Phi) is 6.33. The van der Waals surface area contributed by atoms with Crippen molar-refractivity contribution in [2.75, 3.05) is 57.2 Å². The Morgan fingerprint density at radius 3 is 2.62 bits per heavy atom. The zero-order valence-corrected chi connectivity index (χ0v) is 13.6. The van der Waals surface area contributed by atoms with Crippen molar-refractivity contribution in [3.8, 4) is 0 Å². The summed E-state index contributed by atoms with van der Waals surface area (Å²) in [5.41, 5.74) is 2.53. The summed E-state index contributed by atoms with van der Waals surface area (Å²) < 4.78 is 5.42. The van der Waals surface area contributed by atoms with Gasteiger partial charge in [-0.3, -0.25) is 0 Å². The molecule has 1 saturated heterocycles. The van der Waals surface area contributed by atoms with Crippen LogP contribution in [-0.2, 0) is 4.74 Å². The van der Waals surface area contributed by atoms with Crippen molar-refractivity contribution in [3.05, 3.63) is 24.3 Å². The topological polar surface area (TPSA) is 27.7 Å². The van der Waals surface area contributed by atoms with Crippen LogP contribution in [0.15, 0.2) is 24.3 Å². The fraction of sp³-hybridized carbons (Fsp3) is 0.647. The van der Waals surface area contributed by atoms with Crippen LogP contribution in [-0.4, -0.2) is 57.9 Å². The molecule has 0 amide bonds. The van der Waals surface area contributed by atoms with Crippen LogP contribution in [0.2, 0.25) is 0 Å². The standard InChI is InChI=1S/C17H29N3O/c1-4-20(11-10-19(2)3)17-7-5-6-16(14-17)18-15-8-12-21-13-9-15/h5-7,14-15,18H,4,8-13H2,1-3H3. The summed E-state index contributed by atoms with van der Waals surface area (Å²) in [6.07, 6.45) is 2.20. The summed E-state index contributed by atoms with van der Waals surface area (Å²) in [6.45, 7) is 7.14. The fourth-order valence-electron chi connectivity index (χ4n) is 2.66. The zero-order chi connectivity index (χ0) is 15.1. The predicted molar refractivity (Wildman–Crippen MR) is 90.3 cm³/mol. The van der Waals surface area contributed by atoms with Gasteiger partial charge in [-0.15, -0.1) is 0 Å². The number of nitrogens with zero attached hydrogens (tertiary/aromatic N) is 2. The van der Waals surface area contributed by atoms with Gasteiger partial charge in [0.2, 0.25) is 0 Å². The lowest BCUT2D eigenvalue weighted by molar-refractivity contribution is 0.0904. The molecule has 118 valence electrons. The Morgan fingerprint density at radius 2 is 1.95 bits per heavy atom. The van der Waals surface area contributed by atoms with Gasteiger partial charge in [-0.05, 0) is 52.1 Å². The molecule has 0 aliphatic carbocycles. The molecular formula is C17H29N3O. The summed E-state index contributed by atoms with van der Waals surface area (Å²) in [5, 5.41) is 3.65. The molecule has 4 nitrogen and oxygen atoms in total. The second-order valence-electron chi connectivity index (χ2n) is 5.96. The van der Waals surface area contributed by atoms with E-state index in [1.165, 1.54) is 11.4 Å². The van der Waals surface area contributed by atoms with E-state index in [0.29, 0.717) is 6.04 Å². The molecule has 4 heteroatoms. The molecule has 1 aromatic carbocycles. The van der Waals surface area contributed by atoms with Crippen molar-refractivity contribution in [1.29, 1.82) is 0 Å². The maximum absolute atomic E-state index is 5.42. The van der Waals surface area contributed by atoms with Crippen molar-refractivity contribution in [2.24, 2.45) is 0 Å².